The molecule has 7 heteroatoms. The van der Waals surface area contributed by atoms with Gasteiger partial charge in [0.1, 0.15) is 18.1 Å². The minimum atomic E-state index is -0.656. The number of halogens is 1. The van der Waals surface area contributed by atoms with Gasteiger partial charge >= 0.3 is 0 Å². The molecule has 0 unspecified atom stereocenters. The molecule has 0 bridgehead atoms. The molecule has 1 fully saturated rings. The minimum absolute atomic E-state index is 0.0269. The van der Waals surface area contributed by atoms with E-state index in [0.717, 1.165) is 18.4 Å². The summed E-state index contributed by atoms with van der Waals surface area (Å²) in [5.41, 5.74) is 1.41. The molecule has 30 heavy (non-hydrogen) atoms. The van der Waals surface area contributed by atoms with Crippen molar-refractivity contribution in [1.82, 2.24) is 4.90 Å². The number of anilines is 1. The summed E-state index contributed by atoms with van der Waals surface area (Å²) in [7, 11) is 0. The summed E-state index contributed by atoms with van der Waals surface area (Å²) in [5, 5.41) is 0. The molecule has 2 aromatic rings. The standard InChI is InChI=1S/C23H25FN2O4/c1-16-23(28)26(20-6-2-3-7-21(20)30-16)15-22(27)25(14-19-5-4-12-29-19)13-17-8-10-18(24)11-9-17/h2-3,6-11,16,19H,4-5,12-15H2,1H3/t16-,19+/m1/s1. The fourth-order valence-corrected chi connectivity index (χ4v) is 3.86. The van der Waals surface area contributed by atoms with Crippen LogP contribution in [-0.4, -0.2) is 48.6 Å². The summed E-state index contributed by atoms with van der Waals surface area (Å²) in [6.07, 6.45) is 1.18. The van der Waals surface area contributed by atoms with Gasteiger partial charge in [-0.25, -0.2) is 4.39 Å². The average Bonchev–Trinajstić information content (AvgIpc) is 3.25. The third kappa shape index (κ3) is 4.46. The van der Waals surface area contributed by atoms with Crippen LogP contribution in [-0.2, 0) is 20.9 Å². The highest BCUT2D eigenvalue weighted by molar-refractivity contribution is 6.03. The maximum absolute atomic E-state index is 13.3. The fraction of sp³-hybridized carbons (Fsp3) is 0.391. The smallest absolute Gasteiger partial charge is 0.268 e. The molecule has 158 valence electrons. The first-order chi connectivity index (χ1) is 14.5. The Morgan fingerprint density at radius 2 is 1.97 bits per heavy atom. The van der Waals surface area contributed by atoms with Crippen molar-refractivity contribution in [1.29, 1.82) is 0 Å². The van der Waals surface area contributed by atoms with Gasteiger partial charge < -0.3 is 14.4 Å². The maximum Gasteiger partial charge on any atom is 0.268 e. The van der Waals surface area contributed by atoms with Crippen LogP contribution < -0.4 is 9.64 Å². The van der Waals surface area contributed by atoms with Crippen molar-refractivity contribution in [3.05, 3.63) is 59.9 Å². The van der Waals surface area contributed by atoms with Gasteiger partial charge in [0.25, 0.3) is 5.91 Å². The largest absolute Gasteiger partial charge is 0.479 e. The summed E-state index contributed by atoms with van der Waals surface area (Å²) in [4.78, 5) is 29.2. The van der Waals surface area contributed by atoms with Crippen molar-refractivity contribution < 1.29 is 23.5 Å². The van der Waals surface area contributed by atoms with Gasteiger partial charge in [0.15, 0.2) is 6.10 Å². The molecule has 4 rings (SSSR count). The van der Waals surface area contributed by atoms with Gasteiger partial charge in [-0.2, -0.15) is 0 Å². The van der Waals surface area contributed by atoms with Crippen LogP contribution in [0, 0.1) is 5.82 Å². The number of fused-ring (bicyclic) bond motifs is 1. The Balaban J connectivity index is 1.54. The van der Waals surface area contributed by atoms with Crippen LogP contribution in [0.1, 0.15) is 25.3 Å². The topological polar surface area (TPSA) is 59.1 Å². The number of carbonyl (C=O) groups is 2. The monoisotopic (exact) mass is 412 g/mol. The fourth-order valence-electron chi connectivity index (χ4n) is 3.86. The number of rotatable bonds is 6. The number of para-hydroxylation sites is 2. The predicted molar refractivity (Wildman–Crippen MR) is 110 cm³/mol. The van der Waals surface area contributed by atoms with Crippen LogP contribution in [0.5, 0.6) is 5.75 Å². The molecule has 0 spiro atoms. The van der Waals surface area contributed by atoms with Crippen LogP contribution >= 0.6 is 0 Å². The molecular formula is C23H25FN2O4. The Morgan fingerprint density at radius 1 is 1.20 bits per heavy atom. The molecule has 2 aromatic carbocycles. The zero-order valence-corrected chi connectivity index (χ0v) is 16.9. The minimum Gasteiger partial charge on any atom is -0.479 e. The molecule has 0 saturated carbocycles. The molecule has 0 aromatic heterocycles. The van der Waals surface area contributed by atoms with Gasteiger partial charge in [-0.1, -0.05) is 24.3 Å². The molecular weight excluding hydrogens is 387 g/mol. The Bertz CT molecular complexity index is 912. The van der Waals surface area contributed by atoms with Crippen molar-refractivity contribution in [2.45, 2.75) is 38.5 Å². The quantitative estimate of drug-likeness (QED) is 0.732. The first kappa shape index (κ1) is 20.3. The zero-order valence-electron chi connectivity index (χ0n) is 16.9. The van der Waals surface area contributed by atoms with Crippen molar-refractivity contribution in [3.63, 3.8) is 0 Å². The van der Waals surface area contributed by atoms with E-state index in [-0.39, 0.29) is 30.3 Å². The summed E-state index contributed by atoms with van der Waals surface area (Å²) in [6.45, 7) is 3.05. The second-order valence-corrected chi connectivity index (χ2v) is 7.69. The molecule has 2 aliphatic heterocycles. The highest BCUT2D eigenvalue weighted by Gasteiger charge is 2.34. The number of hydrogen-bond acceptors (Lipinski definition) is 4. The van der Waals surface area contributed by atoms with E-state index in [9.17, 15) is 14.0 Å². The first-order valence-electron chi connectivity index (χ1n) is 10.2. The average molecular weight is 412 g/mol. The molecule has 2 heterocycles. The second kappa shape index (κ2) is 8.83. The molecule has 0 aliphatic carbocycles. The Labute approximate surface area is 175 Å². The lowest BCUT2D eigenvalue weighted by Crippen LogP contribution is -2.50. The van der Waals surface area contributed by atoms with Gasteiger partial charge in [-0.15, -0.1) is 0 Å². The number of carbonyl (C=O) groups excluding carboxylic acids is 2. The molecule has 1 saturated heterocycles. The number of ether oxygens (including phenoxy) is 2. The number of amides is 2. The third-order valence-electron chi connectivity index (χ3n) is 5.45. The molecule has 2 amide bonds. The molecule has 0 radical (unpaired) electrons. The lowest BCUT2D eigenvalue weighted by atomic mass is 10.1. The Kier molecular flexibility index (Phi) is 5.99. The number of hydrogen-bond donors (Lipinski definition) is 0. The van der Waals surface area contributed by atoms with Gasteiger partial charge in [0, 0.05) is 19.7 Å². The van der Waals surface area contributed by atoms with Crippen LogP contribution in [0.3, 0.4) is 0 Å². The van der Waals surface area contributed by atoms with Gasteiger partial charge in [-0.05, 0) is 49.6 Å². The normalized spacial score (nSPS) is 20.6. The van der Waals surface area contributed by atoms with E-state index < -0.39 is 6.10 Å². The predicted octanol–water partition coefficient (Wildman–Crippen LogP) is 3.15. The van der Waals surface area contributed by atoms with Crippen molar-refractivity contribution in [3.8, 4) is 5.75 Å². The van der Waals surface area contributed by atoms with Crippen LogP contribution in [0.25, 0.3) is 0 Å². The van der Waals surface area contributed by atoms with E-state index in [1.165, 1.54) is 17.0 Å². The van der Waals surface area contributed by atoms with Crippen LogP contribution in [0.2, 0.25) is 0 Å². The van der Waals surface area contributed by atoms with Crippen molar-refractivity contribution in [2.75, 3.05) is 24.6 Å². The van der Waals surface area contributed by atoms with Crippen LogP contribution in [0.15, 0.2) is 48.5 Å². The highest BCUT2D eigenvalue weighted by Crippen LogP contribution is 2.33. The van der Waals surface area contributed by atoms with E-state index in [0.29, 0.717) is 31.1 Å². The van der Waals surface area contributed by atoms with Crippen molar-refractivity contribution >= 4 is 17.5 Å². The van der Waals surface area contributed by atoms with Gasteiger partial charge in [0.2, 0.25) is 5.91 Å². The maximum atomic E-state index is 13.3. The van der Waals surface area contributed by atoms with Crippen LogP contribution in [0.4, 0.5) is 10.1 Å². The SMILES string of the molecule is C[C@H]1Oc2ccccc2N(CC(=O)N(Cc2ccc(F)cc2)C[C@@H]2CCCO2)C1=O. The van der Waals surface area contributed by atoms with E-state index in [2.05, 4.69) is 0 Å². The molecule has 6 nitrogen and oxygen atoms in total. The van der Waals surface area contributed by atoms with Gasteiger partial charge in [0.05, 0.1) is 11.8 Å². The number of nitrogens with zero attached hydrogens (tertiary/aromatic N) is 2. The molecule has 2 aliphatic rings. The van der Waals surface area contributed by atoms with E-state index in [1.807, 2.05) is 12.1 Å². The Hall–Kier alpha value is -2.93. The summed E-state index contributed by atoms with van der Waals surface area (Å²) >= 11 is 0. The summed E-state index contributed by atoms with van der Waals surface area (Å²) in [6, 6.07) is 13.3. The zero-order chi connectivity index (χ0) is 21.1. The summed E-state index contributed by atoms with van der Waals surface area (Å²) in [5.74, 6) is -0.171. The second-order valence-electron chi connectivity index (χ2n) is 7.69. The lowest BCUT2D eigenvalue weighted by Gasteiger charge is -2.34. The van der Waals surface area contributed by atoms with E-state index in [4.69, 9.17) is 9.47 Å². The third-order valence-corrected chi connectivity index (χ3v) is 5.45. The molecule has 0 N–H and O–H groups in total. The summed E-state index contributed by atoms with van der Waals surface area (Å²) < 4.78 is 24.7. The first-order valence-corrected chi connectivity index (χ1v) is 10.2. The lowest BCUT2D eigenvalue weighted by molar-refractivity contribution is -0.134. The number of benzene rings is 2. The highest BCUT2D eigenvalue weighted by atomic mass is 19.1. The molecule has 2 atom stereocenters. The van der Waals surface area contributed by atoms with Gasteiger partial charge in [-0.3, -0.25) is 14.5 Å². The van der Waals surface area contributed by atoms with E-state index in [1.54, 1.807) is 36.1 Å². The van der Waals surface area contributed by atoms with Crippen molar-refractivity contribution in [2.24, 2.45) is 0 Å². The Morgan fingerprint density at radius 3 is 2.70 bits per heavy atom. The van der Waals surface area contributed by atoms with E-state index >= 15 is 0 Å².